The molecule has 2 aromatic carbocycles. The van der Waals surface area contributed by atoms with Gasteiger partial charge in [0.2, 0.25) is 0 Å². The van der Waals surface area contributed by atoms with Gasteiger partial charge in [-0.15, -0.1) is 37.1 Å². The van der Waals surface area contributed by atoms with Gasteiger partial charge in [0.25, 0.3) is 0 Å². The Balaban J connectivity index is 0.00000364. The number of hydrogen-bond donors (Lipinski definition) is 2. The van der Waals surface area contributed by atoms with E-state index in [1.165, 1.54) is 18.2 Å². The quantitative estimate of drug-likeness (QED) is 0.359. The van der Waals surface area contributed by atoms with Crippen molar-refractivity contribution < 1.29 is 17.9 Å². The van der Waals surface area contributed by atoms with Crippen molar-refractivity contribution in [2.75, 3.05) is 19.4 Å². The molecule has 0 aliphatic rings. The predicted molar refractivity (Wildman–Crippen MR) is 111 cm³/mol. The minimum Gasteiger partial charge on any atom is -0.404 e. The average Bonchev–Trinajstić information content (AvgIpc) is 2.53. The van der Waals surface area contributed by atoms with Crippen LogP contribution in [0, 0.1) is 0 Å². The molecule has 0 saturated carbocycles. The molecule has 0 spiro atoms. The lowest BCUT2D eigenvalue weighted by Gasteiger charge is -2.14. The summed E-state index contributed by atoms with van der Waals surface area (Å²) in [5, 5.41) is 2.64. The van der Waals surface area contributed by atoms with Crippen LogP contribution in [0.15, 0.2) is 53.5 Å². The second-order valence-electron chi connectivity index (χ2n) is 5.93. The minimum atomic E-state index is -4.78. The Morgan fingerprint density at radius 1 is 1.11 bits per heavy atom. The number of hydrogen-bond acceptors (Lipinski definition) is 3. The van der Waals surface area contributed by atoms with Crippen LogP contribution in [0.2, 0.25) is 0 Å². The molecule has 0 bridgehead atoms. The van der Waals surface area contributed by atoms with E-state index < -0.39 is 6.36 Å². The maximum atomic E-state index is 12.4. The van der Waals surface area contributed by atoms with Crippen molar-refractivity contribution in [1.29, 1.82) is 0 Å². The van der Waals surface area contributed by atoms with Gasteiger partial charge < -0.3 is 20.7 Å². The van der Waals surface area contributed by atoms with Crippen LogP contribution in [0.25, 0.3) is 0 Å². The second-order valence-corrected chi connectivity index (χ2v) is 5.93. The summed E-state index contributed by atoms with van der Waals surface area (Å²) in [7, 11) is 3.96. The van der Waals surface area contributed by atoms with Crippen molar-refractivity contribution in [3.05, 3.63) is 59.7 Å². The molecule has 0 fully saturated rings. The number of ether oxygens (including phenoxy) is 1. The van der Waals surface area contributed by atoms with Crippen molar-refractivity contribution >= 4 is 35.6 Å². The van der Waals surface area contributed by atoms with Crippen molar-refractivity contribution in [2.24, 2.45) is 10.7 Å². The maximum Gasteiger partial charge on any atom is 0.573 e. The molecular formula is C18H22F3IN4O. The Morgan fingerprint density at radius 2 is 1.78 bits per heavy atom. The summed E-state index contributed by atoms with van der Waals surface area (Å²) < 4.78 is 41.3. The number of para-hydroxylation sites is 2. The van der Waals surface area contributed by atoms with Crippen LogP contribution in [0.4, 0.5) is 18.9 Å². The Kier molecular flexibility index (Phi) is 8.83. The van der Waals surface area contributed by atoms with Gasteiger partial charge in [-0.1, -0.05) is 36.4 Å². The molecule has 0 unspecified atom stereocenters. The highest BCUT2D eigenvalue weighted by atomic mass is 127. The molecule has 0 aromatic heterocycles. The number of alkyl halides is 3. The van der Waals surface area contributed by atoms with Gasteiger partial charge in [0, 0.05) is 6.54 Å². The Bertz CT molecular complexity index is 766. The van der Waals surface area contributed by atoms with Gasteiger partial charge in [0.1, 0.15) is 0 Å². The van der Waals surface area contributed by atoms with Gasteiger partial charge in [-0.2, -0.15) is 0 Å². The topological polar surface area (TPSA) is 62.9 Å². The van der Waals surface area contributed by atoms with E-state index >= 15 is 0 Å². The molecular weight excluding hydrogens is 472 g/mol. The summed E-state index contributed by atoms with van der Waals surface area (Å²) >= 11 is 0. The lowest BCUT2D eigenvalue weighted by Crippen LogP contribution is -2.24. The monoisotopic (exact) mass is 494 g/mol. The van der Waals surface area contributed by atoms with E-state index in [0.717, 1.165) is 17.7 Å². The zero-order valence-corrected chi connectivity index (χ0v) is 17.3. The number of benzene rings is 2. The van der Waals surface area contributed by atoms with Crippen LogP contribution < -0.4 is 15.8 Å². The summed E-state index contributed by atoms with van der Waals surface area (Å²) in [5.74, 6) is -0.368. The first-order valence-corrected chi connectivity index (χ1v) is 7.87. The molecule has 0 heterocycles. The normalized spacial score (nSPS) is 11.9. The lowest BCUT2D eigenvalue weighted by molar-refractivity contribution is -0.274. The number of nitrogens with zero attached hydrogens (tertiary/aromatic N) is 2. The third-order valence-electron chi connectivity index (χ3n) is 3.30. The molecule has 0 aliphatic heterocycles. The fraction of sp³-hybridized carbons (Fsp3) is 0.278. The summed E-state index contributed by atoms with van der Waals surface area (Å²) in [5.41, 5.74) is 7.98. The van der Waals surface area contributed by atoms with E-state index in [2.05, 4.69) is 19.9 Å². The highest BCUT2D eigenvalue weighted by Crippen LogP contribution is 2.29. The average molecular weight is 494 g/mol. The van der Waals surface area contributed by atoms with Gasteiger partial charge in [-0.3, -0.25) is 0 Å². The predicted octanol–water partition coefficient (Wildman–Crippen LogP) is 4.19. The molecule has 3 N–H and O–H groups in total. The molecule has 27 heavy (non-hydrogen) atoms. The number of rotatable bonds is 6. The van der Waals surface area contributed by atoms with Crippen LogP contribution in [0.1, 0.15) is 11.1 Å². The number of halogens is 4. The Morgan fingerprint density at radius 3 is 2.44 bits per heavy atom. The zero-order valence-electron chi connectivity index (χ0n) is 15.0. The van der Waals surface area contributed by atoms with Gasteiger partial charge in [0.05, 0.1) is 12.2 Å². The lowest BCUT2D eigenvalue weighted by atomic mass is 10.1. The molecule has 5 nitrogen and oxygen atoms in total. The van der Waals surface area contributed by atoms with Crippen LogP contribution >= 0.6 is 24.0 Å². The fourth-order valence-electron chi connectivity index (χ4n) is 2.33. The smallest absolute Gasteiger partial charge is 0.404 e. The first kappa shape index (κ1) is 23.0. The zero-order chi connectivity index (χ0) is 19.2. The van der Waals surface area contributed by atoms with Gasteiger partial charge in [-0.25, -0.2) is 4.99 Å². The highest BCUT2D eigenvalue weighted by Gasteiger charge is 2.32. The molecule has 2 aromatic rings. The summed E-state index contributed by atoms with van der Waals surface area (Å²) in [6.45, 7) is 1.11. The van der Waals surface area contributed by atoms with Crippen molar-refractivity contribution in [3.8, 4) is 5.75 Å². The van der Waals surface area contributed by atoms with Crippen molar-refractivity contribution in [1.82, 2.24) is 4.90 Å². The van der Waals surface area contributed by atoms with Gasteiger partial charge in [0.15, 0.2) is 11.7 Å². The number of anilines is 1. The number of nitrogens with two attached hydrogens (primary N) is 1. The van der Waals surface area contributed by atoms with E-state index in [1.54, 1.807) is 6.07 Å². The van der Waals surface area contributed by atoms with Crippen LogP contribution in [0.3, 0.4) is 0 Å². The molecule has 148 valence electrons. The largest absolute Gasteiger partial charge is 0.573 e. The molecule has 0 saturated heterocycles. The number of aliphatic imine (C=N–C) groups is 1. The minimum absolute atomic E-state index is 0. The van der Waals surface area contributed by atoms with E-state index in [0.29, 0.717) is 6.54 Å². The summed E-state index contributed by atoms with van der Waals surface area (Å²) in [6, 6.07) is 13.5. The number of guanidine groups is 1. The van der Waals surface area contributed by atoms with E-state index in [-0.39, 0.29) is 41.4 Å². The van der Waals surface area contributed by atoms with E-state index in [1.807, 2.05) is 38.4 Å². The molecule has 0 amide bonds. The van der Waals surface area contributed by atoms with Crippen LogP contribution in [0.5, 0.6) is 5.75 Å². The van der Waals surface area contributed by atoms with Crippen LogP contribution in [-0.2, 0) is 13.1 Å². The standard InChI is InChI=1S/C18H21F3N4O.HI/c1-25(2)12-14-7-5-6-13(10-14)11-23-17(22)24-15-8-3-4-9-16(15)26-18(19,20)21;/h3-10H,11-12H2,1-2H3,(H3,22,23,24);1H. The first-order chi connectivity index (χ1) is 12.2. The van der Waals surface area contributed by atoms with Crippen molar-refractivity contribution in [3.63, 3.8) is 0 Å². The summed E-state index contributed by atoms with van der Waals surface area (Å²) in [6.07, 6.45) is -4.78. The molecule has 0 atom stereocenters. The molecule has 0 aliphatic carbocycles. The summed E-state index contributed by atoms with van der Waals surface area (Å²) in [4.78, 5) is 6.23. The maximum absolute atomic E-state index is 12.4. The third kappa shape index (κ3) is 8.48. The molecule has 9 heteroatoms. The van der Waals surface area contributed by atoms with Gasteiger partial charge >= 0.3 is 6.36 Å². The van der Waals surface area contributed by atoms with Crippen molar-refractivity contribution in [2.45, 2.75) is 19.5 Å². The molecule has 2 rings (SSSR count). The first-order valence-electron chi connectivity index (χ1n) is 7.87. The Labute approximate surface area is 173 Å². The third-order valence-corrected chi connectivity index (χ3v) is 3.30. The Hall–Kier alpha value is -2.01. The number of nitrogens with one attached hydrogen (secondary N) is 1. The second kappa shape index (κ2) is 10.4. The van der Waals surface area contributed by atoms with Gasteiger partial charge in [-0.05, 0) is 37.4 Å². The van der Waals surface area contributed by atoms with E-state index in [9.17, 15) is 13.2 Å². The fourth-order valence-corrected chi connectivity index (χ4v) is 2.33. The highest BCUT2D eigenvalue weighted by molar-refractivity contribution is 14.0. The van der Waals surface area contributed by atoms with Crippen LogP contribution in [-0.4, -0.2) is 31.3 Å². The van der Waals surface area contributed by atoms with E-state index in [4.69, 9.17) is 5.73 Å². The molecule has 0 radical (unpaired) electrons. The SMILES string of the molecule is CN(C)Cc1cccc(CN=C(N)Nc2ccccc2OC(F)(F)F)c1.I.